The van der Waals surface area contributed by atoms with Crippen LogP contribution in [0.4, 0.5) is 0 Å². The molecule has 3 heteroatoms. The third-order valence-electron chi connectivity index (χ3n) is 3.68. The van der Waals surface area contributed by atoms with Gasteiger partial charge in [0.05, 0.1) is 6.04 Å². The van der Waals surface area contributed by atoms with Crippen LogP contribution in [0.2, 0.25) is 0 Å². The van der Waals surface area contributed by atoms with Gasteiger partial charge in [0, 0.05) is 17.5 Å². The highest BCUT2D eigenvalue weighted by molar-refractivity contribution is 7.10. The van der Waals surface area contributed by atoms with E-state index in [0.29, 0.717) is 12.1 Å². The Kier molecular flexibility index (Phi) is 4.00. The van der Waals surface area contributed by atoms with Crippen LogP contribution in [0.5, 0.6) is 0 Å². The number of aryl methyl sites for hydroxylation is 1. The maximum absolute atomic E-state index is 5.99. The van der Waals surface area contributed by atoms with Crippen molar-refractivity contribution in [1.82, 2.24) is 4.90 Å². The molecule has 16 heavy (non-hydrogen) atoms. The van der Waals surface area contributed by atoms with Gasteiger partial charge in [-0.3, -0.25) is 4.90 Å². The molecule has 1 aromatic heterocycles. The molecule has 0 amide bonds. The van der Waals surface area contributed by atoms with Gasteiger partial charge in [-0.05, 0) is 50.2 Å². The van der Waals surface area contributed by atoms with Crippen LogP contribution in [0.25, 0.3) is 0 Å². The highest BCUT2D eigenvalue weighted by atomic mass is 32.1. The van der Waals surface area contributed by atoms with E-state index in [1.807, 2.05) is 11.3 Å². The van der Waals surface area contributed by atoms with Crippen LogP contribution < -0.4 is 5.73 Å². The number of piperidine rings is 1. The molecule has 2 nitrogen and oxygen atoms in total. The SMILES string of the molecule is Cc1ccsc1C(CN)N1CCCCC1C. The van der Waals surface area contributed by atoms with Crippen LogP contribution in [0.1, 0.15) is 42.7 Å². The normalized spacial score (nSPS) is 24.6. The third kappa shape index (κ3) is 2.31. The molecule has 1 aromatic rings. The van der Waals surface area contributed by atoms with Crippen LogP contribution in [0, 0.1) is 6.92 Å². The van der Waals surface area contributed by atoms with Gasteiger partial charge in [-0.15, -0.1) is 11.3 Å². The maximum atomic E-state index is 5.99. The second kappa shape index (κ2) is 5.30. The molecule has 0 aliphatic carbocycles. The smallest absolute Gasteiger partial charge is 0.0569 e. The fraction of sp³-hybridized carbons (Fsp3) is 0.692. The van der Waals surface area contributed by atoms with Gasteiger partial charge in [0.2, 0.25) is 0 Å². The van der Waals surface area contributed by atoms with Gasteiger partial charge < -0.3 is 5.73 Å². The lowest BCUT2D eigenvalue weighted by atomic mass is 9.99. The summed E-state index contributed by atoms with van der Waals surface area (Å²) in [5.74, 6) is 0. The summed E-state index contributed by atoms with van der Waals surface area (Å²) < 4.78 is 0. The predicted molar refractivity (Wildman–Crippen MR) is 70.9 cm³/mol. The van der Waals surface area contributed by atoms with Crippen molar-refractivity contribution in [2.75, 3.05) is 13.1 Å². The van der Waals surface area contributed by atoms with E-state index in [1.54, 1.807) is 0 Å². The molecule has 2 rings (SSSR count). The van der Waals surface area contributed by atoms with E-state index in [2.05, 4.69) is 30.2 Å². The minimum atomic E-state index is 0.440. The molecule has 2 unspecified atom stereocenters. The molecule has 0 spiro atoms. The first-order chi connectivity index (χ1) is 7.74. The number of likely N-dealkylation sites (tertiary alicyclic amines) is 1. The van der Waals surface area contributed by atoms with Crippen molar-refractivity contribution in [3.8, 4) is 0 Å². The van der Waals surface area contributed by atoms with Gasteiger partial charge in [-0.1, -0.05) is 6.42 Å². The quantitative estimate of drug-likeness (QED) is 0.877. The molecule has 0 radical (unpaired) electrons. The third-order valence-corrected chi connectivity index (χ3v) is 4.80. The lowest BCUT2D eigenvalue weighted by molar-refractivity contribution is 0.110. The molecule has 1 fully saturated rings. The summed E-state index contributed by atoms with van der Waals surface area (Å²) in [4.78, 5) is 4.07. The topological polar surface area (TPSA) is 29.3 Å². The minimum Gasteiger partial charge on any atom is -0.329 e. The molecule has 0 bridgehead atoms. The lowest BCUT2D eigenvalue weighted by Crippen LogP contribution is -2.42. The van der Waals surface area contributed by atoms with Crippen molar-refractivity contribution in [3.63, 3.8) is 0 Å². The molecular weight excluding hydrogens is 216 g/mol. The number of hydrogen-bond donors (Lipinski definition) is 1. The number of nitrogens with zero attached hydrogens (tertiary/aromatic N) is 1. The van der Waals surface area contributed by atoms with E-state index in [0.717, 1.165) is 6.54 Å². The Labute approximate surface area is 102 Å². The number of thiophene rings is 1. The Morgan fingerprint density at radius 1 is 1.56 bits per heavy atom. The van der Waals surface area contributed by atoms with Gasteiger partial charge in [-0.25, -0.2) is 0 Å². The molecule has 1 saturated heterocycles. The van der Waals surface area contributed by atoms with E-state index in [-0.39, 0.29) is 0 Å². The average molecular weight is 238 g/mol. The first-order valence-electron chi connectivity index (χ1n) is 6.24. The average Bonchev–Trinajstić information content (AvgIpc) is 2.69. The number of hydrogen-bond acceptors (Lipinski definition) is 3. The van der Waals surface area contributed by atoms with Crippen molar-refractivity contribution in [3.05, 3.63) is 21.9 Å². The first kappa shape index (κ1) is 12.1. The Balaban J connectivity index is 2.18. The first-order valence-corrected chi connectivity index (χ1v) is 7.11. The Morgan fingerprint density at radius 2 is 2.38 bits per heavy atom. The zero-order chi connectivity index (χ0) is 11.5. The molecular formula is C13H22N2S. The Morgan fingerprint density at radius 3 is 2.94 bits per heavy atom. The number of nitrogens with two attached hydrogens (primary N) is 1. The zero-order valence-electron chi connectivity index (χ0n) is 10.3. The summed E-state index contributed by atoms with van der Waals surface area (Å²) in [5, 5.41) is 2.18. The lowest BCUT2D eigenvalue weighted by Gasteiger charge is -2.39. The van der Waals surface area contributed by atoms with E-state index in [9.17, 15) is 0 Å². The summed E-state index contributed by atoms with van der Waals surface area (Å²) in [6, 6.07) is 3.33. The van der Waals surface area contributed by atoms with Gasteiger partial charge in [0.25, 0.3) is 0 Å². The van der Waals surface area contributed by atoms with Crippen molar-refractivity contribution < 1.29 is 0 Å². The minimum absolute atomic E-state index is 0.440. The standard InChI is InChI=1S/C13H22N2S/c1-10-6-8-16-13(10)12(9-14)15-7-4-3-5-11(15)2/h6,8,11-12H,3-5,7,9,14H2,1-2H3. The number of rotatable bonds is 3. The van der Waals surface area contributed by atoms with Crippen LogP contribution in [-0.2, 0) is 0 Å². The summed E-state index contributed by atoms with van der Waals surface area (Å²) in [6.45, 7) is 6.49. The maximum Gasteiger partial charge on any atom is 0.0569 e. The molecule has 1 aliphatic rings. The molecule has 1 aliphatic heterocycles. The van der Waals surface area contributed by atoms with Crippen LogP contribution in [0.3, 0.4) is 0 Å². The van der Waals surface area contributed by atoms with Crippen molar-refractivity contribution in [2.24, 2.45) is 5.73 Å². The Hall–Kier alpha value is -0.380. The van der Waals surface area contributed by atoms with E-state index >= 15 is 0 Å². The van der Waals surface area contributed by atoms with Crippen molar-refractivity contribution in [2.45, 2.75) is 45.2 Å². The highest BCUT2D eigenvalue weighted by Crippen LogP contribution is 2.32. The zero-order valence-corrected chi connectivity index (χ0v) is 11.1. The molecule has 90 valence electrons. The monoisotopic (exact) mass is 238 g/mol. The van der Waals surface area contributed by atoms with E-state index < -0.39 is 0 Å². The van der Waals surface area contributed by atoms with Gasteiger partial charge in [0.1, 0.15) is 0 Å². The van der Waals surface area contributed by atoms with Gasteiger partial charge >= 0.3 is 0 Å². The summed E-state index contributed by atoms with van der Waals surface area (Å²) in [7, 11) is 0. The van der Waals surface area contributed by atoms with Crippen molar-refractivity contribution >= 4 is 11.3 Å². The van der Waals surface area contributed by atoms with Gasteiger partial charge in [-0.2, -0.15) is 0 Å². The molecule has 2 heterocycles. The van der Waals surface area contributed by atoms with Crippen LogP contribution >= 0.6 is 11.3 Å². The second-order valence-electron chi connectivity index (χ2n) is 4.80. The largest absolute Gasteiger partial charge is 0.329 e. The van der Waals surface area contributed by atoms with Crippen LogP contribution in [0.15, 0.2) is 11.4 Å². The van der Waals surface area contributed by atoms with E-state index in [1.165, 1.54) is 36.2 Å². The Bertz CT molecular complexity index is 334. The molecule has 2 N–H and O–H groups in total. The molecule has 0 saturated carbocycles. The van der Waals surface area contributed by atoms with E-state index in [4.69, 9.17) is 5.73 Å². The molecule has 0 aromatic carbocycles. The van der Waals surface area contributed by atoms with Gasteiger partial charge in [0.15, 0.2) is 0 Å². The fourth-order valence-corrected chi connectivity index (χ4v) is 3.76. The second-order valence-corrected chi connectivity index (χ2v) is 5.75. The summed E-state index contributed by atoms with van der Waals surface area (Å²) in [5.41, 5.74) is 7.39. The van der Waals surface area contributed by atoms with Crippen LogP contribution in [-0.4, -0.2) is 24.0 Å². The molecule has 2 atom stereocenters. The summed E-state index contributed by atoms with van der Waals surface area (Å²) >= 11 is 1.86. The summed E-state index contributed by atoms with van der Waals surface area (Å²) in [6.07, 6.45) is 4.02. The highest BCUT2D eigenvalue weighted by Gasteiger charge is 2.27. The fourth-order valence-electron chi connectivity index (χ4n) is 2.70. The predicted octanol–water partition coefficient (Wildman–Crippen LogP) is 2.93. The van der Waals surface area contributed by atoms with Crippen molar-refractivity contribution in [1.29, 1.82) is 0 Å².